The van der Waals surface area contributed by atoms with Crippen LogP contribution in [0.1, 0.15) is 18.5 Å². The molecule has 1 aromatic rings. The molecule has 0 radical (unpaired) electrons. The molecule has 0 saturated carbocycles. The highest BCUT2D eigenvalue weighted by Gasteiger charge is 2.20. The lowest BCUT2D eigenvalue weighted by atomic mass is 10.1. The van der Waals surface area contributed by atoms with Crippen LogP contribution in [0.15, 0.2) is 18.2 Å². The van der Waals surface area contributed by atoms with Gasteiger partial charge in [-0.05, 0) is 25.1 Å². The maximum atomic E-state index is 5.83. The van der Waals surface area contributed by atoms with Gasteiger partial charge in [-0.15, -0.1) is 0 Å². The van der Waals surface area contributed by atoms with E-state index in [2.05, 4.69) is 0 Å². The van der Waals surface area contributed by atoms with Crippen LogP contribution in [-0.2, 0) is 0 Å². The number of ether oxygens (including phenoxy) is 2. The van der Waals surface area contributed by atoms with Crippen LogP contribution in [-0.4, -0.2) is 13.2 Å². The van der Waals surface area contributed by atoms with Crippen molar-refractivity contribution >= 4 is 0 Å². The molecule has 0 saturated heterocycles. The van der Waals surface area contributed by atoms with Crippen LogP contribution in [0.25, 0.3) is 0 Å². The summed E-state index contributed by atoms with van der Waals surface area (Å²) in [6.07, 6.45) is 0. The van der Waals surface area contributed by atoms with Gasteiger partial charge in [-0.1, -0.05) is 0 Å². The van der Waals surface area contributed by atoms with E-state index < -0.39 is 0 Å². The fraction of sp³-hybridized carbons (Fsp3) is 0.400. The van der Waals surface area contributed by atoms with Crippen LogP contribution < -0.4 is 15.2 Å². The summed E-state index contributed by atoms with van der Waals surface area (Å²) in [6.45, 7) is 3.21. The Morgan fingerprint density at radius 2 is 2.46 bits per heavy atom. The number of hydrogen-bond acceptors (Lipinski definition) is 3. The first kappa shape index (κ1) is 8.38. The summed E-state index contributed by atoms with van der Waals surface area (Å²) in [6, 6.07) is 5.76. The zero-order chi connectivity index (χ0) is 9.26. The van der Waals surface area contributed by atoms with Gasteiger partial charge in [0.05, 0.1) is 12.6 Å². The minimum atomic E-state index is -0.00425. The van der Waals surface area contributed by atoms with Gasteiger partial charge in [-0.25, -0.2) is 0 Å². The summed E-state index contributed by atoms with van der Waals surface area (Å²) in [7, 11) is 0. The Morgan fingerprint density at radius 3 is 3.23 bits per heavy atom. The monoisotopic (exact) mass is 179 g/mol. The molecule has 0 aliphatic carbocycles. The van der Waals surface area contributed by atoms with E-state index in [1.807, 2.05) is 25.1 Å². The fourth-order valence-corrected chi connectivity index (χ4v) is 1.47. The minimum absolute atomic E-state index is 0.00425. The quantitative estimate of drug-likeness (QED) is 0.747. The van der Waals surface area contributed by atoms with Gasteiger partial charge < -0.3 is 15.2 Å². The van der Waals surface area contributed by atoms with Crippen molar-refractivity contribution in [2.75, 3.05) is 13.2 Å². The van der Waals surface area contributed by atoms with Crippen molar-refractivity contribution in [1.29, 1.82) is 0 Å². The summed E-state index contributed by atoms with van der Waals surface area (Å²) in [5.41, 5.74) is 6.88. The highest BCUT2D eigenvalue weighted by molar-refractivity contribution is 5.44. The standard InChI is InChI=1S/C10H13NO2/c1-2-12-7-3-4-10-8(5-7)9(11)6-13-10/h3-5,9H,2,6,11H2,1H3/t9-/m0/s1. The van der Waals surface area contributed by atoms with Gasteiger partial charge in [0.25, 0.3) is 0 Å². The summed E-state index contributed by atoms with van der Waals surface area (Å²) in [4.78, 5) is 0. The average Bonchev–Trinajstić information content (AvgIpc) is 2.49. The van der Waals surface area contributed by atoms with Crippen molar-refractivity contribution in [3.8, 4) is 11.5 Å². The normalized spacial score (nSPS) is 19.4. The predicted molar refractivity (Wildman–Crippen MR) is 50.0 cm³/mol. The molecule has 1 atom stereocenters. The van der Waals surface area contributed by atoms with E-state index in [-0.39, 0.29) is 6.04 Å². The maximum Gasteiger partial charge on any atom is 0.124 e. The number of nitrogens with two attached hydrogens (primary N) is 1. The Balaban J connectivity index is 2.31. The van der Waals surface area contributed by atoms with E-state index in [4.69, 9.17) is 15.2 Å². The third-order valence-electron chi connectivity index (χ3n) is 2.11. The molecule has 1 aliphatic heterocycles. The Kier molecular flexibility index (Phi) is 2.10. The summed E-state index contributed by atoms with van der Waals surface area (Å²) >= 11 is 0. The van der Waals surface area contributed by atoms with Crippen LogP contribution in [0.2, 0.25) is 0 Å². The smallest absolute Gasteiger partial charge is 0.124 e. The largest absolute Gasteiger partial charge is 0.494 e. The maximum absolute atomic E-state index is 5.83. The fourth-order valence-electron chi connectivity index (χ4n) is 1.47. The zero-order valence-corrected chi connectivity index (χ0v) is 7.62. The van der Waals surface area contributed by atoms with Gasteiger partial charge in [-0.3, -0.25) is 0 Å². The Labute approximate surface area is 77.5 Å². The van der Waals surface area contributed by atoms with Gasteiger partial charge in [0.1, 0.15) is 18.1 Å². The van der Waals surface area contributed by atoms with Gasteiger partial charge in [-0.2, -0.15) is 0 Å². The zero-order valence-electron chi connectivity index (χ0n) is 7.62. The van der Waals surface area contributed by atoms with Crippen molar-refractivity contribution in [2.45, 2.75) is 13.0 Å². The summed E-state index contributed by atoms with van der Waals surface area (Å²) in [5.74, 6) is 1.75. The van der Waals surface area contributed by atoms with Gasteiger partial charge in [0.2, 0.25) is 0 Å². The van der Waals surface area contributed by atoms with Gasteiger partial charge >= 0.3 is 0 Å². The van der Waals surface area contributed by atoms with Crippen molar-refractivity contribution in [3.63, 3.8) is 0 Å². The molecule has 0 bridgehead atoms. The molecule has 70 valence electrons. The van der Waals surface area contributed by atoms with E-state index in [0.717, 1.165) is 17.1 Å². The van der Waals surface area contributed by atoms with Crippen molar-refractivity contribution in [1.82, 2.24) is 0 Å². The molecule has 1 aliphatic rings. The molecule has 0 spiro atoms. The molecule has 0 fully saturated rings. The third-order valence-corrected chi connectivity index (χ3v) is 2.11. The van der Waals surface area contributed by atoms with Crippen molar-refractivity contribution in [3.05, 3.63) is 23.8 Å². The van der Waals surface area contributed by atoms with E-state index in [9.17, 15) is 0 Å². The third kappa shape index (κ3) is 1.47. The molecular formula is C10H13NO2. The summed E-state index contributed by atoms with van der Waals surface area (Å²) < 4.78 is 10.7. The first-order valence-corrected chi connectivity index (χ1v) is 4.46. The molecule has 2 N–H and O–H groups in total. The first-order chi connectivity index (χ1) is 6.31. The highest BCUT2D eigenvalue weighted by atomic mass is 16.5. The second kappa shape index (κ2) is 3.26. The van der Waals surface area contributed by atoms with E-state index in [0.29, 0.717) is 13.2 Å². The second-order valence-corrected chi connectivity index (χ2v) is 3.05. The van der Waals surface area contributed by atoms with Crippen LogP contribution in [0, 0.1) is 0 Å². The topological polar surface area (TPSA) is 44.5 Å². The van der Waals surface area contributed by atoms with Gasteiger partial charge in [0.15, 0.2) is 0 Å². The van der Waals surface area contributed by atoms with E-state index in [1.54, 1.807) is 0 Å². The highest BCUT2D eigenvalue weighted by Crippen LogP contribution is 2.33. The molecule has 3 heteroatoms. The molecule has 0 aromatic heterocycles. The molecular weight excluding hydrogens is 166 g/mol. The van der Waals surface area contributed by atoms with Crippen LogP contribution in [0.5, 0.6) is 11.5 Å². The first-order valence-electron chi connectivity index (χ1n) is 4.46. The Hall–Kier alpha value is -1.22. The van der Waals surface area contributed by atoms with Gasteiger partial charge in [0, 0.05) is 5.56 Å². The Bertz CT molecular complexity index is 312. The number of benzene rings is 1. The van der Waals surface area contributed by atoms with E-state index >= 15 is 0 Å². The Morgan fingerprint density at radius 1 is 1.62 bits per heavy atom. The molecule has 0 unspecified atom stereocenters. The van der Waals surface area contributed by atoms with E-state index in [1.165, 1.54) is 0 Å². The average molecular weight is 179 g/mol. The lowest BCUT2D eigenvalue weighted by molar-refractivity contribution is 0.332. The van der Waals surface area contributed by atoms with Crippen molar-refractivity contribution < 1.29 is 9.47 Å². The van der Waals surface area contributed by atoms with Crippen LogP contribution >= 0.6 is 0 Å². The molecule has 3 nitrogen and oxygen atoms in total. The van der Waals surface area contributed by atoms with Crippen molar-refractivity contribution in [2.24, 2.45) is 5.73 Å². The summed E-state index contributed by atoms with van der Waals surface area (Å²) in [5, 5.41) is 0. The number of hydrogen-bond donors (Lipinski definition) is 1. The molecule has 13 heavy (non-hydrogen) atoms. The molecule has 1 aromatic carbocycles. The SMILES string of the molecule is CCOc1ccc2c(c1)[C@@H](N)CO2. The number of fused-ring (bicyclic) bond motifs is 1. The second-order valence-electron chi connectivity index (χ2n) is 3.05. The lowest BCUT2D eigenvalue weighted by Gasteiger charge is -2.05. The van der Waals surface area contributed by atoms with Crippen LogP contribution in [0.3, 0.4) is 0 Å². The van der Waals surface area contributed by atoms with Crippen LogP contribution in [0.4, 0.5) is 0 Å². The molecule has 0 amide bonds. The molecule has 2 rings (SSSR count). The lowest BCUT2D eigenvalue weighted by Crippen LogP contribution is -2.10. The molecule has 1 heterocycles. The predicted octanol–water partition coefficient (Wildman–Crippen LogP) is 1.48. The minimum Gasteiger partial charge on any atom is -0.494 e. The number of rotatable bonds is 2.